The van der Waals surface area contributed by atoms with Gasteiger partial charge in [0, 0.05) is 22.9 Å². The molecular formula is C12H13BrO2S. The van der Waals surface area contributed by atoms with Crippen LogP contribution in [-0.2, 0) is 11.2 Å². The van der Waals surface area contributed by atoms with E-state index in [9.17, 15) is 9.66 Å². The van der Waals surface area contributed by atoms with Crippen molar-refractivity contribution in [3.05, 3.63) is 28.2 Å². The summed E-state index contributed by atoms with van der Waals surface area (Å²) in [6.45, 7) is 0. The van der Waals surface area contributed by atoms with Crippen LogP contribution in [0.15, 0.2) is 27.6 Å². The van der Waals surface area contributed by atoms with Crippen molar-refractivity contribution in [1.29, 1.82) is 0 Å². The SMILES string of the molecule is [O-][S+]1c2ccc(Br)cc2C(O)C12CCCC2. The van der Waals surface area contributed by atoms with Crippen molar-refractivity contribution >= 4 is 27.1 Å². The molecule has 0 saturated heterocycles. The van der Waals surface area contributed by atoms with Gasteiger partial charge < -0.3 is 9.66 Å². The number of fused-ring (bicyclic) bond motifs is 1. The summed E-state index contributed by atoms with van der Waals surface area (Å²) in [5.74, 6) is 0. The van der Waals surface area contributed by atoms with Gasteiger partial charge in [-0.1, -0.05) is 15.9 Å². The van der Waals surface area contributed by atoms with Crippen molar-refractivity contribution < 1.29 is 9.66 Å². The lowest BCUT2D eigenvalue weighted by atomic mass is 9.94. The lowest BCUT2D eigenvalue weighted by Crippen LogP contribution is -2.36. The molecule has 2 unspecified atom stereocenters. The molecule has 0 amide bonds. The number of aliphatic hydroxyl groups is 1. The van der Waals surface area contributed by atoms with E-state index in [1.807, 2.05) is 18.2 Å². The van der Waals surface area contributed by atoms with Crippen molar-refractivity contribution in [2.45, 2.75) is 41.4 Å². The zero-order valence-corrected chi connectivity index (χ0v) is 11.2. The van der Waals surface area contributed by atoms with Gasteiger partial charge in [0.1, 0.15) is 6.10 Å². The van der Waals surface area contributed by atoms with E-state index in [4.69, 9.17) is 0 Å². The largest absolute Gasteiger partial charge is 0.611 e. The Hall–Kier alpha value is -0.0300. The first-order chi connectivity index (χ1) is 7.65. The minimum atomic E-state index is -1.04. The Kier molecular flexibility index (Phi) is 2.59. The Bertz CT molecular complexity index is 429. The highest BCUT2D eigenvalue weighted by Gasteiger charge is 2.58. The monoisotopic (exact) mass is 300 g/mol. The molecule has 1 spiro atoms. The van der Waals surface area contributed by atoms with Crippen molar-refractivity contribution in [1.82, 2.24) is 0 Å². The van der Waals surface area contributed by atoms with Gasteiger partial charge in [-0.2, -0.15) is 0 Å². The van der Waals surface area contributed by atoms with Crippen LogP contribution >= 0.6 is 15.9 Å². The second kappa shape index (κ2) is 3.73. The Labute approximate surface area is 106 Å². The molecule has 86 valence electrons. The van der Waals surface area contributed by atoms with Crippen LogP contribution in [0.1, 0.15) is 37.4 Å². The van der Waals surface area contributed by atoms with Gasteiger partial charge in [-0.25, -0.2) is 0 Å². The molecule has 1 aromatic rings. The summed E-state index contributed by atoms with van der Waals surface area (Å²) in [5, 5.41) is 10.4. The highest BCUT2D eigenvalue weighted by atomic mass is 79.9. The fraction of sp³-hybridized carbons (Fsp3) is 0.500. The fourth-order valence-corrected chi connectivity index (χ4v) is 5.32. The summed E-state index contributed by atoms with van der Waals surface area (Å²) in [4.78, 5) is 0.831. The minimum Gasteiger partial charge on any atom is -0.611 e. The summed E-state index contributed by atoms with van der Waals surface area (Å²) in [7, 11) is 0. The molecule has 1 aromatic carbocycles. The molecule has 2 nitrogen and oxygen atoms in total. The quantitative estimate of drug-likeness (QED) is 0.749. The predicted molar refractivity (Wildman–Crippen MR) is 66.7 cm³/mol. The Morgan fingerprint density at radius 1 is 1.38 bits per heavy atom. The maximum absolute atomic E-state index is 12.5. The van der Waals surface area contributed by atoms with Crippen LogP contribution in [0.3, 0.4) is 0 Å². The predicted octanol–water partition coefficient (Wildman–Crippen LogP) is 2.92. The summed E-state index contributed by atoms with van der Waals surface area (Å²) in [6, 6.07) is 5.69. The second-order valence-electron chi connectivity index (χ2n) is 4.63. The maximum atomic E-state index is 12.5. The molecule has 2 aliphatic rings. The Balaban J connectivity index is 2.12. The third kappa shape index (κ3) is 1.33. The van der Waals surface area contributed by atoms with Crippen molar-refractivity contribution in [2.75, 3.05) is 0 Å². The van der Waals surface area contributed by atoms with Gasteiger partial charge in [0.25, 0.3) is 0 Å². The number of rotatable bonds is 0. The molecule has 1 aliphatic carbocycles. The average molecular weight is 301 g/mol. The average Bonchev–Trinajstić information content (AvgIpc) is 2.83. The van der Waals surface area contributed by atoms with E-state index in [0.29, 0.717) is 0 Å². The summed E-state index contributed by atoms with van der Waals surface area (Å²) < 4.78 is 13.0. The number of aliphatic hydroxyl groups excluding tert-OH is 1. The first kappa shape index (κ1) is 11.1. The third-order valence-corrected chi connectivity index (χ3v) is 6.42. The molecule has 1 fully saturated rings. The molecular weight excluding hydrogens is 288 g/mol. The third-order valence-electron chi connectivity index (χ3n) is 3.78. The van der Waals surface area contributed by atoms with Crippen molar-refractivity contribution in [3.63, 3.8) is 0 Å². The van der Waals surface area contributed by atoms with Crippen LogP contribution in [-0.4, -0.2) is 14.4 Å². The summed E-state index contributed by atoms with van der Waals surface area (Å²) >= 11 is 2.36. The number of benzene rings is 1. The van der Waals surface area contributed by atoms with Gasteiger partial charge in [0.05, 0.1) is 0 Å². The zero-order valence-electron chi connectivity index (χ0n) is 8.78. The van der Waals surface area contributed by atoms with Gasteiger partial charge >= 0.3 is 0 Å². The first-order valence-corrected chi connectivity index (χ1v) is 7.49. The lowest BCUT2D eigenvalue weighted by Gasteiger charge is -2.27. The summed E-state index contributed by atoms with van der Waals surface area (Å²) in [5.41, 5.74) is 0.856. The van der Waals surface area contributed by atoms with Gasteiger partial charge in [-0.3, -0.25) is 0 Å². The van der Waals surface area contributed by atoms with Crippen LogP contribution in [0.4, 0.5) is 0 Å². The minimum absolute atomic E-state index is 0.386. The molecule has 2 atom stereocenters. The molecule has 1 heterocycles. The molecule has 16 heavy (non-hydrogen) atoms. The van der Waals surface area contributed by atoms with E-state index in [1.165, 1.54) is 0 Å². The Morgan fingerprint density at radius 3 is 2.75 bits per heavy atom. The topological polar surface area (TPSA) is 43.3 Å². The van der Waals surface area contributed by atoms with E-state index in [0.717, 1.165) is 40.6 Å². The molecule has 4 heteroatoms. The molecule has 3 rings (SSSR count). The van der Waals surface area contributed by atoms with E-state index in [1.54, 1.807) is 0 Å². The zero-order chi connectivity index (χ0) is 11.3. The molecule has 0 bridgehead atoms. The molecule has 0 aromatic heterocycles. The van der Waals surface area contributed by atoms with Crippen molar-refractivity contribution in [2.24, 2.45) is 0 Å². The van der Waals surface area contributed by atoms with Gasteiger partial charge in [0.15, 0.2) is 9.64 Å². The fourth-order valence-electron chi connectivity index (χ4n) is 2.94. The van der Waals surface area contributed by atoms with E-state index < -0.39 is 17.3 Å². The lowest BCUT2D eigenvalue weighted by molar-refractivity contribution is 0.131. The number of hydrogen-bond donors (Lipinski definition) is 1. The van der Waals surface area contributed by atoms with E-state index >= 15 is 0 Å². The number of hydrogen-bond acceptors (Lipinski definition) is 2. The van der Waals surface area contributed by atoms with Crippen LogP contribution in [0.2, 0.25) is 0 Å². The van der Waals surface area contributed by atoms with Crippen LogP contribution in [0.5, 0.6) is 0 Å². The molecule has 1 saturated carbocycles. The highest BCUT2D eigenvalue weighted by molar-refractivity contribution is 9.10. The highest BCUT2D eigenvalue weighted by Crippen LogP contribution is 2.55. The van der Waals surface area contributed by atoms with Gasteiger partial charge in [0.2, 0.25) is 0 Å². The van der Waals surface area contributed by atoms with Gasteiger partial charge in [-0.15, -0.1) is 0 Å². The van der Waals surface area contributed by atoms with Crippen LogP contribution in [0, 0.1) is 0 Å². The van der Waals surface area contributed by atoms with Crippen LogP contribution < -0.4 is 0 Å². The first-order valence-electron chi connectivity index (χ1n) is 5.54. The molecule has 1 aliphatic heterocycles. The van der Waals surface area contributed by atoms with E-state index in [-0.39, 0.29) is 4.75 Å². The molecule has 0 radical (unpaired) electrons. The summed E-state index contributed by atoms with van der Waals surface area (Å²) in [6.07, 6.45) is 3.37. The normalized spacial score (nSPS) is 30.9. The second-order valence-corrected chi connectivity index (χ2v) is 7.33. The van der Waals surface area contributed by atoms with Gasteiger partial charge in [-0.05, 0) is 42.2 Å². The Morgan fingerprint density at radius 2 is 2.06 bits per heavy atom. The van der Waals surface area contributed by atoms with Crippen LogP contribution in [0.25, 0.3) is 0 Å². The van der Waals surface area contributed by atoms with Crippen molar-refractivity contribution in [3.8, 4) is 0 Å². The molecule has 1 N–H and O–H groups in total. The number of halogens is 1. The van der Waals surface area contributed by atoms with E-state index in [2.05, 4.69) is 15.9 Å². The smallest absolute Gasteiger partial charge is 0.161 e. The standard InChI is InChI=1S/C12H13BrO2S/c13-8-3-4-10-9(7-8)11(14)12(16(10)15)5-1-2-6-12/h3-4,7,11,14H,1-2,5-6H2. The maximum Gasteiger partial charge on any atom is 0.161 e.